The number of benzene rings is 2. The van der Waals surface area contributed by atoms with Crippen molar-refractivity contribution in [2.45, 2.75) is 26.9 Å². The number of rotatable bonds is 4. The Morgan fingerprint density at radius 3 is 2.48 bits per heavy atom. The van der Waals surface area contributed by atoms with Crippen LogP contribution in [0.4, 0.5) is 5.69 Å². The van der Waals surface area contributed by atoms with Crippen molar-refractivity contribution >= 4 is 23.2 Å². The third-order valence-corrected chi connectivity index (χ3v) is 3.38. The largest absolute Gasteiger partial charge is 0.481 e. The Kier molecular flexibility index (Phi) is 4.86. The van der Waals surface area contributed by atoms with Crippen molar-refractivity contribution in [1.29, 1.82) is 0 Å². The van der Waals surface area contributed by atoms with Gasteiger partial charge in [-0.1, -0.05) is 23.7 Å². The van der Waals surface area contributed by atoms with E-state index in [2.05, 4.69) is 5.32 Å². The highest BCUT2D eigenvalue weighted by Gasteiger charge is 2.15. The number of anilines is 1. The van der Waals surface area contributed by atoms with E-state index in [1.807, 2.05) is 32.0 Å². The quantitative estimate of drug-likeness (QED) is 0.911. The number of amides is 1. The number of hydrogen-bond acceptors (Lipinski definition) is 2. The summed E-state index contributed by atoms with van der Waals surface area (Å²) >= 11 is 5.81. The molecule has 21 heavy (non-hydrogen) atoms. The number of nitrogens with one attached hydrogen (secondary N) is 1. The molecule has 0 unspecified atom stereocenters. The van der Waals surface area contributed by atoms with Crippen molar-refractivity contribution < 1.29 is 9.53 Å². The lowest BCUT2D eigenvalue weighted by molar-refractivity contribution is -0.122. The first-order valence-electron chi connectivity index (χ1n) is 6.76. The first-order chi connectivity index (χ1) is 9.95. The van der Waals surface area contributed by atoms with E-state index in [1.54, 1.807) is 31.2 Å². The first-order valence-corrected chi connectivity index (χ1v) is 7.14. The zero-order valence-corrected chi connectivity index (χ0v) is 13.1. The number of carbonyl (C=O) groups excluding carboxylic acids is 1. The Morgan fingerprint density at radius 1 is 1.14 bits per heavy atom. The van der Waals surface area contributed by atoms with Gasteiger partial charge in [0, 0.05) is 10.7 Å². The number of aryl methyl sites for hydroxylation is 2. The Balaban J connectivity index is 2.02. The third kappa shape index (κ3) is 4.23. The summed E-state index contributed by atoms with van der Waals surface area (Å²) in [6.07, 6.45) is -0.582. The summed E-state index contributed by atoms with van der Waals surface area (Å²) in [7, 11) is 0. The highest BCUT2D eigenvalue weighted by molar-refractivity contribution is 6.30. The molecule has 0 aliphatic carbocycles. The summed E-state index contributed by atoms with van der Waals surface area (Å²) in [4.78, 5) is 12.1. The Bertz CT molecular complexity index is 638. The van der Waals surface area contributed by atoms with Gasteiger partial charge in [0.05, 0.1) is 0 Å². The van der Waals surface area contributed by atoms with Gasteiger partial charge in [0.1, 0.15) is 5.75 Å². The van der Waals surface area contributed by atoms with E-state index in [0.717, 1.165) is 16.9 Å². The van der Waals surface area contributed by atoms with Crippen LogP contribution in [0.2, 0.25) is 5.02 Å². The number of carbonyl (C=O) groups is 1. The molecule has 0 spiro atoms. The lowest BCUT2D eigenvalue weighted by atomic mass is 10.1. The van der Waals surface area contributed by atoms with Gasteiger partial charge in [-0.25, -0.2) is 0 Å². The van der Waals surface area contributed by atoms with E-state index in [1.165, 1.54) is 0 Å². The zero-order valence-electron chi connectivity index (χ0n) is 12.3. The Morgan fingerprint density at radius 2 is 1.81 bits per heavy atom. The molecule has 4 heteroatoms. The van der Waals surface area contributed by atoms with Gasteiger partial charge < -0.3 is 10.1 Å². The first kappa shape index (κ1) is 15.4. The van der Waals surface area contributed by atoms with E-state index in [-0.39, 0.29) is 5.91 Å². The molecule has 1 amide bonds. The summed E-state index contributed by atoms with van der Waals surface area (Å²) in [6, 6.07) is 12.9. The summed E-state index contributed by atoms with van der Waals surface area (Å²) in [5, 5.41) is 3.43. The molecule has 3 nitrogen and oxygen atoms in total. The van der Waals surface area contributed by atoms with Crippen LogP contribution in [0.1, 0.15) is 18.1 Å². The van der Waals surface area contributed by atoms with E-state index in [4.69, 9.17) is 16.3 Å². The molecular formula is C17H18ClNO2. The molecule has 0 fully saturated rings. The van der Waals surface area contributed by atoms with Gasteiger partial charge in [-0.15, -0.1) is 0 Å². The standard InChI is InChI=1S/C17H18ClNO2/c1-11-4-5-12(2)16(10-11)21-13(3)17(20)19-15-8-6-14(18)7-9-15/h4-10,13H,1-3H3,(H,19,20)/t13-/m0/s1. The van der Waals surface area contributed by atoms with E-state index in [9.17, 15) is 4.79 Å². The zero-order chi connectivity index (χ0) is 15.4. The molecule has 2 aromatic carbocycles. The second-order valence-electron chi connectivity index (χ2n) is 5.03. The van der Waals surface area contributed by atoms with Crippen LogP contribution in [0.25, 0.3) is 0 Å². The Labute approximate surface area is 129 Å². The fourth-order valence-corrected chi connectivity index (χ4v) is 1.98. The van der Waals surface area contributed by atoms with Gasteiger partial charge in [0.15, 0.2) is 6.10 Å². The van der Waals surface area contributed by atoms with Crippen molar-refractivity contribution in [3.8, 4) is 5.75 Å². The summed E-state index contributed by atoms with van der Waals surface area (Å²) in [6.45, 7) is 5.68. The topological polar surface area (TPSA) is 38.3 Å². The average molecular weight is 304 g/mol. The fraction of sp³-hybridized carbons (Fsp3) is 0.235. The second kappa shape index (κ2) is 6.64. The van der Waals surface area contributed by atoms with Crippen molar-refractivity contribution in [3.63, 3.8) is 0 Å². The van der Waals surface area contributed by atoms with Gasteiger partial charge in [-0.05, 0) is 62.2 Å². The monoisotopic (exact) mass is 303 g/mol. The lowest BCUT2D eigenvalue weighted by Gasteiger charge is -2.16. The van der Waals surface area contributed by atoms with Crippen molar-refractivity contribution in [2.24, 2.45) is 0 Å². The SMILES string of the molecule is Cc1ccc(C)c(O[C@@H](C)C(=O)Nc2ccc(Cl)cc2)c1. The highest BCUT2D eigenvalue weighted by Crippen LogP contribution is 2.21. The minimum atomic E-state index is -0.582. The molecule has 2 rings (SSSR count). The van der Waals surface area contributed by atoms with Gasteiger partial charge in [0.25, 0.3) is 5.91 Å². The van der Waals surface area contributed by atoms with Crippen molar-refractivity contribution in [2.75, 3.05) is 5.32 Å². The molecule has 0 heterocycles. The van der Waals surface area contributed by atoms with Gasteiger partial charge in [-0.2, -0.15) is 0 Å². The smallest absolute Gasteiger partial charge is 0.265 e. The molecule has 1 N–H and O–H groups in total. The van der Waals surface area contributed by atoms with Crippen LogP contribution in [0.15, 0.2) is 42.5 Å². The summed E-state index contributed by atoms with van der Waals surface area (Å²) in [5.41, 5.74) is 2.80. The predicted molar refractivity (Wildman–Crippen MR) is 86.1 cm³/mol. The van der Waals surface area contributed by atoms with Crippen LogP contribution in [0.5, 0.6) is 5.75 Å². The molecule has 0 bridgehead atoms. The molecule has 0 aliphatic heterocycles. The molecule has 0 saturated heterocycles. The number of ether oxygens (including phenoxy) is 1. The minimum absolute atomic E-state index is 0.196. The van der Waals surface area contributed by atoms with E-state index in [0.29, 0.717) is 10.7 Å². The molecular weight excluding hydrogens is 286 g/mol. The molecule has 0 aromatic heterocycles. The molecule has 0 aliphatic rings. The van der Waals surface area contributed by atoms with Crippen LogP contribution >= 0.6 is 11.6 Å². The van der Waals surface area contributed by atoms with Crippen LogP contribution < -0.4 is 10.1 Å². The van der Waals surface area contributed by atoms with E-state index >= 15 is 0 Å². The molecule has 0 radical (unpaired) electrons. The summed E-state index contributed by atoms with van der Waals surface area (Å²) in [5.74, 6) is 0.534. The molecule has 1 atom stereocenters. The van der Waals surface area contributed by atoms with Crippen LogP contribution in [-0.4, -0.2) is 12.0 Å². The lowest BCUT2D eigenvalue weighted by Crippen LogP contribution is -2.30. The normalized spacial score (nSPS) is 11.8. The molecule has 110 valence electrons. The third-order valence-electron chi connectivity index (χ3n) is 3.13. The van der Waals surface area contributed by atoms with Gasteiger partial charge in [0.2, 0.25) is 0 Å². The maximum atomic E-state index is 12.1. The van der Waals surface area contributed by atoms with Crippen LogP contribution in [0.3, 0.4) is 0 Å². The minimum Gasteiger partial charge on any atom is -0.481 e. The maximum Gasteiger partial charge on any atom is 0.265 e. The predicted octanol–water partition coefficient (Wildman–Crippen LogP) is 4.36. The van der Waals surface area contributed by atoms with Crippen LogP contribution in [-0.2, 0) is 4.79 Å². The molecule has 2 aromatic rings. The number of hydrogen-bond donors (Lipinski definition) is 1. The number of halogens is 1. The van der Waals surface area contributed by atoms with E-state index < -0.39 is 6.10 Å². The molecule has 0 saturated carbocycles. The van der Waals surface area contributed by atoms with Gasteiger partial charge >= 0.3 is 0 Å². The summed E-state index contributed by atoms with van der Waals surface area (Å²) < 4.78 is 5.75. The average Bonchev–Trinajstić information content (AvgIpc) is 2.45. The van der Waals surface area contributed by atoms with Crippen LogP contribution in [0, 0.1) is 13.8 Å². The highest BCUT2D eigenvalue weighted by atomic mass is 35.5. The van der Waals surface area contributed by atoms with Crippen molar-refractivity contribution in [3.05, 3.63) is 58.6 Å². The maximum absolute atomic E-state index is 12.1. The second-order valence-corrected chi connectivity index (χ2v) is 5.46. The fourth-order valence-electron chi connectivity index (χ4n) is 1.86. The van der Waals surface area contributed by atoms with Crippen molar-refractivity contribution in [1.82, 2.24) is 0 Å². The Hall–Kier alpha value is -2.00. The van der Waals surface area contributed by atoms with Gasteiger partial charge in [-0.3, -0.25) is 4.79 Å².